The van der Waals surface area contributed by atoms with Gasteiger partial charge in [0.25, 0.3) is 0 Å². The number of rotatable bonds is 4. The number of hydrogen-bond donors (Lipinski definition) is 1. The van der Waals surface area contributed by atoms with Gasteiger partial charge in [-0.3, -0.25) is 4.98 Å². The Morgan fingerprint density at radius 2 is 2.00 bits per heavy atom. The van der Waals surface area contributed by atoms with Crippen LogP contribution >= 0.6 is 0 Å². The van der Waals surface area contributed by atoms with Gasteiger partial charge in [-0.2, -0.15) is 0 Å². The van der Waals surface area contributed by atoms with Crippen LogP contribution in [0.25, 0.3) is 0 Å². The maximum Gasteiger partial charge on any atom is 0.141 e. The Morgan fingerprint density at radius 3 is 2.63 bits per heavy atom. The highest BCUT2D eigenvalue weighted by atomic mass is 19.1. The molecule has 1 aliphatic carbocycles. The number of hydrogen-bond acceptors (Lipinski definition) is 2. The van der Waals surface area contributed by atoms with Gasteiger partial charge in [-0.1, -0.05) is 30.3 Å². The molecule has 1 fully saturated rings. The van der Waals surface area contributed by atoms with Gasteiger partial charge in [-0.25, -0.2) is 4.39 Å². The molecule has 2 aromatic rings. The number of benzene rings is 1. The second-order valence-corrected chi connectivity index (χ2v) is 5.08. The summed E-state index contributed by atoms with van der Waals surface area (Å²) in [5.41, 5.74) is 2.31. The summed E-state index contributed by atoms with van der Waals surface area (Å²) < 4.78 is 12.9. The first-order valence-electron chi connectivity index (χ1n) is 6.63. The van der Waals surface area contributed by atoms with Crippen LogP contribution in [0.15, 0.2) is 48.7 Å². The summed E-state index contributed by atoms with van der Waals surface area (Å²) in [5.74, 6) is 0.852. The van der Waals surface area contributed by atoms with E-state index in [1.807, 2.05) is 13.1 Å². The first-order valence-corrected chi connectivity index (χ1v) is 6.63. The lowest BCUT2D eigenvalue weighted by atomic mass is 10.0. The molecule has 3 atom stereocenters. The van der Waals surface area contributed by atoms with Gasteiger partial charge in [0.15, 0.2) is 0 Å². The Balaban J connectivity index is 1.77. The minimum absolute atomic E-state index is 0.200. The van der Waals surface area contributed by atoms with Crippen LogP contribution in [-0.4, -0.2) is 12.0 Å². The van der Waals surface area contributed by atoms with Gasteiger partial charge in [0.1, 0.15) is 5.82 Å². The van der Waals surface area contributed by atoms with Crippen molar-refractivity contribution in [1.82, 2.24) is 10.3 Å². The fourth-order valence-corrected chi connectivity index (χ4v) is 2.82. The van der Waals surface area contributed by atoms with Crippen LogP contribution in [-0.2, 0) is 0 Å². The van der Waals surface area contributed by atoms with E-state index in [2.05, 4.69) is 34.6 Å². The number of halogens is 1. The van der Waals surface area contributed by atoms with Crippen molar-refractivity contribution in [2.75, 3.05) is 7.05 Å². The molecule has 1 aliphatic rings. The minimum Gasteiger partial charge on any atom is -0.311 e. The number of nitrogens with zero attached hydrogens (tertiary/aromatic N) is 1. The van der Waals surface area contributed by atoms with Crippen molar-refractivity contribution in [2.45, 2.75) is 18.4 Å². The van der Waals surface area contributed by atoms with Crippen molar-refractivity contribution < 1.29 is 4.39 Å². The van der Waals surface area contributed by atoms with E-state index in [9.17, 15) is 4.39 Å². The highest BCUT2D eigenvalue weighted by Gasteiger charge is 2.44. The average molecular weight is 256 g/mol. The fraction of sp³-hybridized carbons (Fsp3) is 0.312. The summed E-state index contributed by atoms with van der Waals surface area (Å²) in [7, 11) is 1.94. The van der Waals surface area contributed by atoms with E-state index in [1.165, 1.54) is 17.8 Å². The van der Waals surface area contributed by atoms with Gasteiger partial charge >= 0.3 is 0 Å². The highest BCUT2D eigenvalue weighted by Crippen LogP contribution is 2.53. The summed E-state index contributed by atoms with van der Waals surface area (Å²) in [6, 6.07) is 14.0. The van der Waals surface area contributed by atoms with Crippen molar-refractivity contribution in [3.05, 3.63) is 65.7 Å². The number of aromatic nitrogens is 1. The second-order valence-electron chi connectivity index (χ2n) is 5.08. The Morgan fingerprint density at radius 1 is 1.21 bits per heavy atom. The van der Waals surface area contributed by atoms with Gasteiger partial charge in [-0.05, 0) is 43.0 Å². The lowest BCUT2D eigenvalue weighted by molar-refractivity contribution is 0.501. The zero-order valence-electron chi connectivity index (χ0n) is 10.9. The van der Waals surface area contributed by atoms with E-state index in [4.69, 9.17) is 0 Å². The molecule has 0 amide bonds. The van der Waals surface area contributed by atoms with E-state index >= 15 is 0 Å². The molecule has 3 heteroatoms. The van der Waals surface area contributed by atoms with Crippen molar-refractivity contribution in [1.29, 1.82) is 0 Å². The lowest BCUT2D eigenvalue weighted by Crippen LogP contribution is -2.20. The highest BCUT2D eigenvalue weighted by molar-refractivity contribution is 5.28. The van der Waals surface area contributed by atoms with Crippen LogP contribution in [0.5, 0.6) is 0 Å². The molecular weight excluding hydrogens is 239 g/mol. The van der Waals surface area contributed by atoms with Gasteiger partial charge < -0.3 is 5.32 Å². The fourth-order valence-electron chi connectivity index (χ4n) is 2.82. The Kier molecular flexibility index (Phi) is 3.30. The third-order valence-electron chi connectivity index (χ3n) is 3.88. The predicted octanol–water partition coefficient (Wildman–Crippen LogP) is 3.28. The molecule has 2 nitrogen and oxygen atoms in total. The normalized spacial score (nSPS) is 23.1. The molecule has 0 spiro atoms. The van der Waals surface area contributed by atoms with Crippen molar-refractivity contribution >= 4 is 0 Å². The molecule has 1 N–H and O–H groups in total. The summed E-state index contributed by atoms with van der Waals surface area (Å²) in [4.78, 5) is 4.20. The number of pyridine rings is 1. The lowest BCUT2D eigenvalue weighted by Gasteiger charge is -2.15. The molecule has 3 rings (SSSR count). The molecule has 0 bridgehead atoms. The third-order valence-corrected chi connectivity index (χ3v) is 3.88. The molecule has 19 heavy (non-hydrogen) atoms. The van der Waals surface area contributed by atoms with Crippen LogP contribution < -0.4 is 5.32 Å². The number of nitrogens with one attached hydrogen (secondary N) is 1. The van der Waals surface area contributed by atoms with Crippen LogP contribution in [0.3, 0.4) is 0 Å². The van der Waals surface area contributed by atoms with E-state index in [-0.39, 0.29) is 11.9 Å². The molecule has 3 unspecified atom stereocenters. The summed E-state index contributed by atoms with van der Waals surface area (Å²) in [6.07, 6.45) is 2.45. The maximum absolute atomic E-state index is 12.9. The molecule has 0 radical (unpaired) electrons. The summed E-state index contributed by atoms with van der Waals surface area (Å²) in [6.45, 7) is 0. The first-order chi connectivity index (χ1) is 9.29. The Bertz CT molecular complexity index is 538. The van der Waals surface area contributed by atoms with Gasteiger partial charge in [0.05, 0.1) is 17.9 Å². The monoisotopic (exact) mass is 256 g/mol. The second kappa shape index (κ2) is 5.10. The van der Waals surface area contributed by atoms with Crippen LogP contribution in [0, 0.1) is 11.7 Å². The van der Waals surface area contributed by atoms with Crippen LogP contribution in [0.2, 0.25) is 0 Å². The molecule has 0 aliphatic heterocycles. The molecule has 1 heterocycles. The van der Waals surface area contributed by atoms with Gasteiger partial charge in [-0.15, -0.1) is 0 Å². The topological polar surface area (TPSA) is 24.9 Å². The predicted molar refractivity (Wildman–Crippen MR) is 73.3 cm³/mol. The molecule has 1 saturated carbocycles. The molecule has 0 saturated heterocycles. The smallest absolute Gasteiger partial charge is 0.141 e. The molecule has 98 valence electrons. The summed E-state index contributed by atoms with van der Waals surface area (Å²) in [5, 5.41) is 3.31. The minimum atomic E-state index is -0.283. The van der Waals surface area contributed by atoms with Crippen LogP contribution in [0.1, 0.15) is 29.6 Å². The summed E-state index contributed by atoms with van der Waals surface area (Å²) >= 11 is 0. The third kappa shape index (κ3) is 2.51. The Labute approximate surface area is 112 Å². The first kappa shape index (κ1) is 12.3. The van der Waals surface area contributed by atoms with E-state index in [0.29, 0.717) is 11.8 Å². The van der Waals surface area contributed by atoms with Crippen molar-refractivity contribution in [3.8, 4) is 0 Å². The van der Waals surface area contributed by atoms with E-state index in [0.717, 1.165) is 12.1 Å². The average Bonchev–Trinajstić information content (AvgIpc) is 3.23. The SMILES string of the molecule is CNC(c1ccc(F)cn1)C1CC1c1ccccc1. The quantitative estimate of drug-likeness (QED) is 0.908. The maximum atomic E-state index is 12.9. The van der Waals surface area contributed by atoms with Crippen molar-refractivity contribution in [3.63, 3.8) is 0 Å². The van der Waals surface area contributed by atoms with E-state index in [1.54, 1.807) is 6.07 Å². The van der Waals surface area contributed by atoms with Gasteiger partial charge in [0.2, 0.25) is 0 Å². The molecule has 1 aromatic heterocycles. The van der Waals surface area contributed by atoms with Crippen LogP contribution in [0.4, 0.5) is 4.39 Å². The molecule has 1 aromatic carbocycles. The zero-order chi connectivity index (χ0) is 13.2. The zero-order valence-corrected chi connectivity index (χ0v) is 10.9. The van der Waals surface area contributed by atoms with Gasteiger partial charge in [0, 0.05) is 0 Å². The van der Waals surface area contributed by atoms with E-state index < -0.39 is 0 Å². The molecular formula is C16H17FN2. The largest absolute Gasteiger partial charge is 0.311 e. The standard InChI is InChI=1S/C16H17FN2/c1-18-16(15-8-7-12(17)10-19-15)14-9-13(14)11-5-3-2-4-6-11/h2-8,10,13-14,16,18H,9H2,1H3. The Hall–Kier alpha value is -1.74. The van der Waals surface area contributed by atoms with Crippen molar-refractivity contribution in [2.24, 2.45) is 5.92 Å².